The van der Waals surface area contributed by atoms with E-state index < -0.39 is 5.91 Å². The van der Waals surface area contributed by atoms with Crippen molar-refractivity contribution >= 4 is 41.1 Å². The number of amides is 1. The zero-order valence-corrected chi connectivity index (χ0v) is 18.1. The first-order valence-corrected chi connectivity index (χ1v) is 10.6. The summed E-state index contributed by atoms with van der Waals surface area (Å²) >= 11 is 12.4. The number of rotatable bonds is 5. The zero-order chi connectivity index (χ0) is 21.2. The van der Waals surface area contributed by atoms with E-state index in [-0.39, 0.29) is 22.2 Å². The summed E-state index contributed by atoms with van der Waals surface area (Å²) in [6.45, 7) is 7.02. The van der Waals surface area contributed by atoms with Gasteiger partial charge in [0.15, 0.2) is 0 Å². The second-order valence-electron chi connectivity index (χ2n) is 7.83. The molecule has 6 nitrogen and oxygen atoms in total. The normalized spacial score (nSPS) is 22.2. The molecule has 1 atom stereocenters. The predicted octanol–water partition coefficient (Wildman–Crippen LogP) is 3.87. The van der Waals surface area contributed by atoms with Gasteiger partial charge in [-0.3, -0.25) is 4.79 Å². The molecule has 2 heterocycles. The molecular weight excluding hydrogens is 409 g/mol. The summed E-state index contributed by atoms with van der Waals surface area (Å²) in [5, 5.41) is 0.554. The number of aromatic nitrogens is 2. The van der Waals surface area contributed by atoms with Gasteiger partial charge in [-0.25, -0.2) is 9.97 Å². The molecule has 1 saturated carbocycles. The maximum Gasteiger partial charge on any atom is 0.268 e. The Labute approximate surface area is 181 Å². The number of carbonyl (C=O) groups excluding carboxylic acids is 1. The third-order valence-electron chi connectivity index (χ3n) is 6.14. The van der Waals surface area contributed by atoms with E-state index in [1.165, 1.54) is 18.9 Å². The molecule has 1 amide bonds. The van der Waals surface area contributed by atoms with Crippen molar-refractivity contribution in [2.45, 2.75) is 45.1 Å². The number of aryl methyl sites for hydroxylation is 1. The summed E-state index contributed by atoms with van der Waals surface area (Å²) in [5.41, 5.74) is 13.4. The van der Waals surface area contributed by atoms with Crippen LogP contribution in [0.3, 0.4) is 0 Å². The lowest BCUT2D eigenvalue weighted by Crippen LogP contribution is -2.47. The monoisotopic (exact) mass is 435 g/mol. The van der Waals surface area contributed by atoms with Gasteiger partial charge in [0.05, 0.1) is 15.8 Å². The molecule has 8 heteroatoms. The van der Waals surface area contributed by atoms with Gasteiger partial charge >= 0.3 is 0 Å². The number of nitrogens with two attached hydrogens (primary N) is 2. The van der Waals surface area contributed by atoms with Gasteiger partial charge in [0.2, 0.25) is 5.95 Å². The van der Waals surface area contributed by atoms with Crippen LogP contribution in [0.2, 0.25) is 0 Å². The number of carbonyl (C=O) groups is 1. The van der Waals surface area contributed by atoms with Crippen molar-refractivity contribution in [1.82, 2.24) is 9.97 Å². The minimum atomic E-state index is -0.636. The summed E-state index contributed by atoms with van der Waals surface area (Å²) in [6.07, 6.45) is 10.2. The number of piperidine rings is 1. The Kier molecular flexibility index (Phi) is 6.66. The molecule has 3 rings (SSSR count). The maximum absolute atomic E-state index is 12.1. The standard InChI is InChI=1S/C21H27Cl2N5O/c1-3-5-15(22)16(23)12-14-13(2)26-20(27-18(14)19(25)29)28-10-8-21(9-11-28)7-4-6-17(21)24/h3,5,12,17H,1,4,6-11,24H2,2H3,(H2,25,29)/b15-5+,16-12-/t17-/m1/s1. The summed E-state index contributed by atoms with van der Waals surface area (Å²) in [6, 6.07) is 0.275. The Balaban J connectivity index is 1.89. The van der Waals surface area contributed by atoms with Crippen LogP contribution in [0.4, 0.5) is 5.95 Å². The Morgan fingerprint density at radius 3 is 2.48 bits per heavy atom. The number of hydrogen-bond acceptors (Lipinski definition) is 5. The Morgan fingerprint density at radius 2 is 1.93 bits per heavy atom. The lowest BCUT2D eigenvalue weighted by Gasteiger charge is -2.42. The largest absolute Gasteiger partial charge is 0.364 e. The molecule has 2 aliphatic rings. The summed E-state index contributed by atoms with van der Waals surface area (Å²) in [4.78, 5) is 23.3. The Hall–Kier alpha value is -1.89. The van der Waals surface area contributed by atoms with Crippen molar-refractivity contribution in [1.29, 1.82) is 0 Å². The van der Waals surface area contributed by atoms with Crippen LogP contribution in [0.25, 0.3) is 6.08 Å². The number of nitrogens with zero attached hydrogens (tertiary/aromatic N) is 3. The molecule has 1 aromatic heterocycles. The highest BCUT2D eigenvalue weighted by atomic mass is 35.5. The highest BCUT2D eigenvalue weighted by Gasteiger charge is 2.43. The van der Waals surface area contributed by atoms with Gasteiger partial charge in [-0.2, -0.15) is 0 Å². The molecule has 29 heavy (non-hydrogen) atoms. The number of halogens is 2. The maximum atomic E-state index is 12.1. The van der Waals surface area contributed by atoms with Gasteiger partial charge in [-0.1, -0.05) is 42.3 Å². The SMILES string of the molecule is C=C/C=C(Cl)\C(Cl)=C\c1c(C)nc(N2CCC3(CCC[C@H]3N)CC2)nc1C(N)=O. The molecule has 4 N–H and O–H groups in total. The predicted molar refractivity (Wildman–Crippen MR) is 119 cm³/mol. The molecule has 0 aromatic carbocycles. The third-order valence-corrected chi connectivity index (χ3v) is 6.88. The van der Waals surface area contributed by atoms with Gasteiger partial charge in [0, 0.05) is 24.7 Å². The second-order valence-corrected chi connectivity index (χ2v) is 8.64. The number of allylic oxidation sites excluding steroid dienone is 4. The molecule has 0 bridgehead atoms. The van der Waals surface area contributed by atoms with E-state index in [2.05, 4.69) is 21.4 Å². The van der Waals surface area contributed by atoms with Gasteiger partial charge in [-0.15, -0.1) is 0 Å². The number of hydrogen-bond donors (Lipinski definition) is 2. The van der Waals surface area contributed by atoms with Crippen molar-refractivity contribution in [2.24, 2.45) is 16.9 Å². The first kappa shape index (κ1) is 21.8. The van der Waals surface area contributed by atoms with Crippen LogP contribution in [-0.4, -0.2) is 35.0 Å². The molecule has 0 unspecified atom stereocenters. The minimum Gasteiger partial charge on any atom is -0.364 e. The fourth-order valence-electron chi connectivity index (χ4n) is 4.39. The number of anilines is 1. The molecule has 2 fully saturated rings. The van der Waals surface area contributed by atoms with E-state index in [0.29, 0.717) is 22.2 Å². The molecule has 1 spiro atoms. The third kappa shape index (κ3) is 4.49. The first-order valence-electron chi connectivity index (χ1n) is 9.82. The van der Waals surface area contributed by atoms with Gasteiger partial charge in [-0.05, 0) is 50.2 Å². The van der Waals surface area contributed by atoms with Crippen LogP contribution < -0.4 is 16.4 Å². The van der Waals surface area contributed by atoms with E-state index in [1.807, 2.05) is 0 Å². The Morgan fingerprint density at radius 1 is 1.24 bits per heavy atom. The first-order chi connectivity index (χ1) is 13.8. The highest BCUT2D eigenvalue weighted by molar-refractivity contribution is 6.45. The van der Waals surface area contributed by atoms with E-state index in [0.717, 1.165) is 32.4 Å². The van der Waals surface area contributed by atoms with E-state index in [4.69, 9.17) is 34.7 Å². The summed E-state index contributed by atoms with van der Waals surface area (Å²) in [7, 11) is 0. The highest BCUT2D eigenvalue weighted by Crippen LogP contribution is 2.45. The van der Waals surface area contributed by atoms with Crippen molar-refractivity contribution in [2.75, 3.05) is 18.0 Å². The van der Waals surface area contributed by atoms with Gasteiger partial charge in [0.25, 0.3) is 5.91 Å². The van der Waals surface area contributed by atoms with Crippen LogP contribution in [0.15, 0.2) is 28.8 Å². The lowest BCUT2D eigenvalue weighted by molar-refractivity contribution is 0.0995. The zero-order valence-electron chi connectivity index (χ0n) is 16.6. The summed E-state index contributed by atoms with van der Waals surface area (Å²) < 4.78 is 0. The number of primary amides is 1. The topological polar surface area (TPSA) is 98.1 Å². The second kappa shape index (κ2) is 8.86. The van der Waals surface area contributed by atoms with Crippen LogP contribution in [0, 0.1) is 12.3 Å². The molecule has 1 aliphatic heterocycles. The Bertz CT molecular complexity index is 872. The van der Waals surface area contributed by atoms with Crippen molar-refractivity contribution < 1.29 is 4.79 Å². The van der Waals surface area contributed by atoms with Crippen molar-refractivity contribution in [3.05, 3.63) is 45.7 Å². The molecule has 0 radical (unpaired) electrons. The smallest absolute Gasteiger partial charge is 0.268 e. The van der Waals surface area contributed by atoms with Gasteiger partial charge < -0.3 is 16.4 Å². The molecule has 1 aliphatic carbocycles. The van der Waals surface area contributed by atoms with Gasteiger partial charge in [0.1, 0.15) is 5.69 Å². The van der Waals surface area contributed by atoms with E-state index in [1.54, 1.807) is 19.1 Å². The van der Waals surface area contributed by atoms with Crippen molar-refractivity contribution in [3.63, 3.8) is 0 Å². The molecule has 1 aromatic rings. The van der Waals surface area contributed by atoms with Crippen LogP contribution in [0.5, 0.6) is 0 Å². The molecular formula is C21H27Cl2N5O. The lowest BCUT2D eigenvalue weighted by atomic mass is 9.74. The fraction of sp³-hybridized carbons (Fsp3) is 0.476. The van der Waals surface area contributed by atoms with Crippen LogP contribution in [0.1, 0.15) is 53.8 Å². The van der Waals surface area contributed by atoms with E-state index >= 15 is 0 Å². The average Bonchev–Trinajstić information content (AvgIpc) is 3.03. The molecule has 156 valence electrons. The van der Waals surface area contributed by atoms with Crippen molar-refractivity contribution in [3.8, 4) is 0 Å². The fourth-order valence-corrected chi connectivity index (χ4v) is 4.70. The minimum absolute atomic E-state index is 0.131. The van der Waals surface area contributed by atoms with Crippen LogP contribution in [-0.2, 0) is 0 Å². The average molecular weight is 436 g/mol. The molecule has 1 saturated heterocycles. The summed E-state index contributed by atoms with van der Waals surface area (Å²) in [5.74, 6) is -0.124. The van der Waals surface area contributed by atoms with Crippen LogP contribution >= 0.6 is 23.2 Å². The van der Waals surface area contributed by atoms with E-state index in [9.17, 15) is 4.79 Å². The quantitative estimate of drug-likeness (QED) is 0.683.